The van der Waals surface area contributed by atoms with E-state index in [-0.39, 0.29) is 11.9 Å². The molecular formula is C14H19N3OS. The van der Waals surface area contributed by atoms with Crippen molar-refractivity contribution in [1.29, 1.82) is 0 Å². The summed E-state index contributed by atoms with van der Waals surface area (Å²) < 4.78 is 0. The van der Waals surface area contributed by atoms with Gasteiger partial charge in [0.25, 0.3) is 5.91 Å². The van der Waals surface area contributed by atoms with Crippen molar-refractivity contribution in [3.63, 3.8) is 0 Å². The summed E-state index contributed by atoms with van der Waals surface area (Å²) in [7, 11) is 3.94. The lowest BCUT2D eigenvalue weighted by Crippen LogP contribution is -2.42. The number of carbonyl (C=O) groups excluding carboxylic acids is 1. The Morgan fingerprint density at radius 2 is 2.00 bits per heavy atom. The van der Waals surface area contributed by atoms with Gasteiger partial charge in [-0.15, -0.1) is 0 Å². The van der Waals surface area contributed by atoms with Gasteiger partial charge >= 0.3 is 0 Å². The average molecular weight is 277 g/mol. The zero-order valence-electron chi connectivity index (χ0n) is 11.3. The summed E-state index contributed by atoms with van der Waals surface area (Å²) in [6.45, 7) is 0.732. The number of hydrogen-bond acceptors (Lipinski definition) is 3. The van der Waals surface area contributed by atoms with E-state index in [0.717, 1.165) is 25.1 Å². The smallest absolute Gasteiger partial charge is 0.254 e. The predicted molar refractivity (Wildman–Crippen MR) is 81.6 cm³/mol. The first-order chi connectivity index (χ1) is 9.00. The van der Waals surface area contributed by atoms with Gasteiger partial charge in [0, 0.05) is 31.9 Å². The number of rotatable bonds is 3. The summed E-state index contributed by atoms with van der Waals surface area (Å²) in [6.07, 6.45) is 1.83. The number of likely N-dealkylation sites (tertiary alicyclic amines) is 1. The Hall–Kier alpha value is -1.62. The van der Waals surface area contributed by atoms with Gasteiger partial charge in [-0.25, -0.2) is 0 Å². The number of thiocarbonyl (C=S) groups is 1. The van der Waals surface area contributed by atoms with Crippen LogP contribution >= 0.6 is 12.2 Å². The summed E-state index contributed by atoms with van der Waals surface area (Å²) in [5.74, 6) is 0.0145. The van der Waals surface area contributed by atoms with Crippen molar-refractivity contribution in [1.82, 2.24) is 4.90 Å². The van der Waals surface area contributed by atoms with E-state index in [9.17, 15) is 4.79 Å². The highest BCUT2D eigenvalue weighted by atomic mass is 32.1. The molecule has 1 amide bonds. The molecule has 1 aliphatic heterocycles. The van der Waals surface area contributed by atoms with Crippen molar-refractivity contribution >= 4 is 28.8 Å². The molecule has 1 aromatic rings. The van der Waals surface area contributed by atoms with E-state index in [0.29, 0.717) is 10.6 Å². The highest BCUT2D eigenvalue weighted by Crippen LogP contribution is 2.21. The Kier molecular flexibility index (Phi) is 4.04. The maximum atomic E-state index is 12.4. The van der Waals surface area contributed by atoms with Crippen molar-refractivity contribution in [3.8, 4) is 0 Å². The van der Waals surface area contributed by atoms with Crippen LogP contribution in [0.2, 0.25) is 0 Å². The number of nitrogens with zero attached hydrogens (tertiary/aromatic N) is 2. The van der Waals surface area contributed by atoms with Crippen LogP contribution in [-0.2, 0) is 0 Å². The molecule has 1 aromatic carbocycles. The first kappa shape index (κ1) is 13.8. The zero-order valence-corrected chi connectivity index (χ0v) is 12.1. The molecule has 0 aromatic heterocycles. The van der Waals surface area contributed by atoms with Gasteiger partial charge in [0.2, 0.25) is 0 Å². The summed E-state index contributed by atoms with van der Waals surface area (Å²) in [5.41, 5.74) is 7.46. The van der Waals surface area contributed by atoms with E-state index in [2.05, 4.69) is 0 Å². The average Bonchev–Trinajstić information content (AvgIpc) is 2.87. The molecule has 0 spiro atoms. The van der Waals surface area contributed by atoms with E-state index in [4.69, 9.17) is 18.0 Å². The van der Waals surface area contributed by atoms with Gasteiger partial charge in [-0.05, 0) is 37.1 Å². The van der Waals surface area contributed by atoms with E-state index in [1.54, 1.807) is 4.90 Å². The fourth-order valence-corrected chi connectivity index (χ4v) is 2.62. The zero-order chi connectivity index (χ0) is 14.0. The van der Waals surface area contributed by atoms with Crippen LogP contribution in [0.25, 0.3) is 0 Å². The Morgan fingerprint density at radius 1 is 1.37 bits per heavy atom. The second-order valence-electron chi connectivity index (χ2n) is 5.00. The van der Waals surface area contributed by atoms with E-state index < -0.39 is 0 Å². The third kappa shape index (κ3) is 2.87. The maximum Gasteiger partial charge on any atom is 0.254 e. The molecule has 0 saturated carbocycles. The minimum atomic E-state index is -0.0870. The van der Waals surface area contributed by atoms with Crippen molar-refractivity contribution in [2.24, 2.45) is 5.73 Å². The SMILES string of the molecule is CN(C)c1ccc(C(=O)N2CCCC2C(N)=S)cc1. The van der Waals surface area contributed by atoms with Crippen LogP contribution in [0.3, 0.4) is 0 Å². The van der Waals surface area contributed by atoms with Crippen molar-refractivity contribution in [2.75, 3.05) is 25.5 Å². The largest absolute Gasteiger partial charge is 0.392 e. The van der Waals surface area contributed by atoms with Gasteiger partial charge in [0.05, 0.1) is 11.0 Å². The fourth-order valence-electron chi connectivity index (χ4n) is 2.37. The summed E-state index contributed by atoms with van der Waals surface area (Å²) >= 11 is 5.03. The third-order valence-electron chi connectivity index (χ3n) is 3.47. The lowest BCUT2D eigenvalue weighted by atomic mass is 10.1. The van der Waals surface area contributed by atoms with Crippen LogP contribution < -0.4 is 10.6 Å². The normalized spacial score (nSPS) is 18.4. The molecule has 0 aliphatic carbocycles. The standard InChI is InChI=1S/C14H19N3OS/c1-16(2)11-7-5-10(6-8-11)14(18)17-9-3-4-12(17)13(15)19/h5-8,12H,3-4,9H2,1-2H3,(H2,15,19). The summed E-state index contributed by atoms with van der Waals surface area (Å²) in [5, 5.41) is 0. The Bertz CT molecular complexity index is 484. The number of carbonyl (C=O) groups is 1. The van der Waals surface area contributed by atoms with Crippen molar-refractivity contribution < 1.29 is 4.79 Å². The molecule has 19 heavy (non-hydrogen) atoms. The van der Waals surface area contributed by atoms with Gasteiger partial charge in [-0.2, -0.15) is 0 Å². The molecule has 0 radical (unpaired) electrons. The monoisotopic (exact) mass is 277 g/mol. The fraction of sp³-hybridized carbons (Fsp3) is 0.429. The lowest BCUT2D eigenvalue weighted by Gasteiger charge is -2.24. The minimum absolute atomic E-state index is 0.0145. The Morgan fingerprint density at radius 3 is 2.53 bits per heavy atom. The number of anilines is 1. The Balaban J connectivity index is 2.17. The summed E-state index contributed by atoms with van der Waals surface area (Å²) in [6, 6.07) is 7.51. The van der Waals surface area contributed by atoms with Crippen molar-refractivity contribution in [2.45, 2.75) is 18.9 Å². The molecule has 1 saturated heterocycles. The van der Waals surface area contributed by atoms with E-state index in [1.807, 2.05) is 43.3 Å². The highest BCUT2D eigenvalue weighted by molar-refractivity contribution is 7.80. The number of hydrogen-bond donors (Lipinski definition) is 1. The van der Waals surface area contributed by atoms with Gasteiger partial charge in [-0.1, -0.05) is 12.2 Å². The van der Waals surface area contributed by atoms with Crippen LogP contribution in [0.1, 0.15) is 23.2 Å². The van der Waals surface area contributed by atoms with Crippen LogP contribution in [0.15, 0.2) is 24.3 Å². The van der Waals surface area contributed by atoms with Crippen LogP contribution in [0.5, 0.6) is 0 Å². The van der Waals surface area contributed by atoms with Gasteiger partial charge in [0.1, 0.15) is 0 Å². The molecule has 1 aliphatic rings. The summed E-state index contributed by atoms with van der Waals surface area (Å²) in [4.78, 5) is 16.6. The number of benzene rings is 1. The second kappa shape index (κ2) is 5.57. The molecule has 0 bridgehead atoms. The lowest BCUT2D eigenvalue weighted by molar-refractivity contribution is 0.0770. The predicted octanol–water partition coefficient (Wildman–Crippen LogP) is 1.64. The molecule has 2 rings (SSSR count). The Labute approximate surface area is 119 Å². The third-order valence-corrected chi connectivity index (χ3v) is 3.74. The molecule has 1 fully saturated rings. The van der Waals surface area contributed by atoms with Crippen LogP contribution in [0.4, 0.5) is 5.69 Å². The van der Waals surface area contributed by atoms with E-state index >= 15 is 0 Å². The van der Waals surface area contributed by atoms with Crippen molar-refractivity contribution in [3.05, 3.63) is 29.8 Å². The topological polar surface area (TPSA) is 49.6 Å². The quantitative estimate of drug-likeness (QED) is 0.853. The molecule has 1 heterocycles. The molecule has 1 atom stereocenters. The molecule has 4 nitrogen and oxygen atoms in total. The van der Waals surface area contributed by atoms with Gasteiger partial charge in [0.15, 0.2) is 0 Å². The first-order valence-corrected chi connectivity index (χ1v) is 6.79. The molecule has 1 unspecified atom stereocenters. The first-order valence-electron chi connectivity index (χ1n) is 6.38. The van der Waals surface area contributed by atoms with Gasteiger partial charge in [-0.3, -0.25) is 4.79 Å². The maximum absolute atomic E-state index is 12.4. The minimum Gasteiger partial charge on any atom is -0.392 e. The van der Waals surface area contributed by atoms with Crippen LogP contribution in [-0.4, -0.2) is 42.5 Å². The highest BCUT2D eigenvalue weighted by Gasteiger charge is 2.31. The van der Waals surface area contributed by atoms with Crippen LogP contribution in [0, 0.1) is 0 Å². The molecular weight excluding hydrogens is 258 g/mol. The van der Waals surface area contributed by atoms with E-state index in [1.165, 1.54) is 0 Å². The van der Waals surface area contributed by atoms with Gasteiger partial charge < -0.3 is 15.5 Å². The number of nitrogens with two attached hydrogens (primary N) is 1. The molecule has 2 N–H and O–H groups in total. The second-order valence-corrected chi connectivity index (χ2v) is 5.47. The number of amides is 1. The molecule has 102 valence electrons. The molecule has 5 heteroatoms.